The Morgan fingerprint density at radius 3 is 2.52 bits per heavy atom. The van der Waals surface area contributed by atoms with Crippen molar-refractivity contribution in [3.63, 3.8) is 0 Å². The van der Waals surface area contributed by atoms with Gasteiger partial charge in [-0.15, -0.1) is 0 Å². The van der Waals surface area contributed by atoms with Crippen LogP contribution in [0.25, 0.3) is 22.2 Å². The fraction of sp³-hybridized carbons (Fsp3) is 0.182. The van der Waals surface area contributed by atoms with Gasteiger partial charge in [0.05, 0.1) is 11.4 Å². The molecule has 2 aromatic heterocycles. The molecule has 4 aromatic rings. The molecule has 1 unspecified atom stereocenters. The minimum atomic E-state index is 0.244. The highest BCUT2D eigenvalue weighted by Gasteiger charge is 2.27. The summed E-state index contributed by atoms with van der Waals surface area (Å²) in [5.74, 6) is 1.98. The fourth-order valence-corrected chi connectivity index (χ4v) is 4.32. The Balaban J connectivity index is 1.59. The summed E-state index contributed by atoms with van der Waals surface area (Å²) in [5.41, 5.74) is 8.83. The maximum absolute atomic E-state index is 6.89. The van der Waals surface area contributed by atoms with E-state index in [-0.39, 0.29) is 6.04 Å². The molecule has 1 fully saturated rings. The van der Waals surface area contributed by atoms with E-state index in [1.807, 2.05) is 54.6 Å². The Kier molecular flexibility index (Phi) is 4.58. The van der Waals surface area contributed by atoms with E-state index in [4.69, 9.17) is 22.1 Å². The molecule has 0 amide bonds. The first-order valence-corrected chi connectivity index (χ1v) is 9.94. The van der Waals surface area contributed by atoms with Crippen molar-refractivity contribution in [2.45, 2.75) is 12.5 Å². The normalized spacial score (nSPS) is 16.4. The summed E-state index contributed by atoms with van der Waals surface area (Å²) in [5, 5.41) is 4.82. The third kappa shape index (κ3) is 3.20. The number of fused-ring (bicyclic) bond motifs is 1. The van der Waals surface area contributed by atoms with Crippen molar-refractivity contribution in [3.8, 4) is 22.6 Å². The number of para-hydroxylation sites is 1. The van der Waals surface area contributed by atoms with Gasteiger partial charge in [0.2, 0.25) is 0 Å². The van der Waals surface area contributed by atoms with Crippen LogP contribution in [0.5, 0.6) is 11.5 Å². The standard InChI is InChI=1S/C22H20ClN5O/c23-20-18(14-6-8-17(9-7-14)29-16-4-2-1-3-5-16)19-21(24)26-13-27-22(19)28(20)15-10-11-25-12-15/h1-9,13,15,25H,10-12H2,(H2,24,26,27). The Morgan fingerprint density at radius 2 is 1.79 bits per heavy atom. The first-order valence-electron chi connectivity index (χ1n) is 9.56. The number of anilines is 1. The van der Waals surface area contributed by atoms with Gasteiger partial charge in [-0.2, -0.15) is 0 Å². The summed E-state index contributed by atoms with van der Waals surface area (Å²) in [6.45, 7) is 1.82. The first kappa shape index (κ1) is 18.0. The van der Waals surface area contributed by atoms with Crippen LogP contribution >= 0.6 is 11.6 Å². The summed E-state index contributed by atoms with van der Waals surface area (Å²) in [4.78, 5) is 8.70. The second-order valence-electron chi connectivity index (χ2n) is 7.08. The third-order valence-corrected chi connectivity index (χ3v) is 5.65. The number of hydrogen-bond donors (Lipinski definition) is 2. The largest absolute Gasteiger partial charge is 0.457 e. The van der Waals surface area contributed by atoms with E-state index in [9.17, 15) is 0 Å². The molecule has 1 atom stereocenters. The van der Waals surface area contributed by atoms with Crippen molar-refractivity contribution in [2.24, 2.45) is 0 Å². The summed E-state index contributed by atoms with van der Waals surface area (Å²) >= 11 is 6.89. The number of aromatic nitrogens is 3. The molecular formula is C22H20ClN5O. The number of nitrogens with one attached hydrogen (secondary N) is 1. The average molecular weight is 406 g/mol. The van der Waals surface area contributed by atoms with Crippen molar-refractivity contribution in [2.75, 3.05) is 18.8 Å². The average Bonchev–Trinajstić information content (AvgIpc) is 3.36. The highest BCUT2D eigenvalue weighted by Crippen LogP contribution is 2.42. The summed E-state index contributed by atoms with van der Waals surface area (Å²) < 4.78 is 7.98. The van der Waals surface area contributed by atoms with Crippen molar-refractivity contribution < 1.29 is 4.74 Å². The highest BCUT2D eigenvalue weighted by molar-refractivity contribution is 6.35. The zero-order valence-electron chi connectivity index (χ0n) is 15.7. The van der Waals surface area contributed by atoms with Crippen LogP contribution in [0.3, 0.4) is 0 Å². The van der Waals surface area contributed by atoms with Crippen LogP contribution in [0.15, 0.2) is 60.9 Å². The lowest BCUT2D eigenvalue weighted by Gasteiger charge is -2.13. The Bertz CT molecular complexity index is 1150. The molecule has 1 aliphatic heterocycles. The van der Waals surface area contributed by atoms with Gasteiger partial charge < -0.3 is 20.4 Å². The van der Waals surface area contributed by atoms with E-state index in [1.165, 1.54) is 6.33 Å². The van der Waals surface area contributed by atoms with Crippen LogP contribution in [0.4, 0.5) is 5.82 Å². The number of ether oxygens (including phenoxy) is 1. The van der Waals surface area contributed by atoms with Crippen LogP contribution in [0.1, 0.15) is 12.5 Å². The number of benzene rings is 2. The summed E-state index contributed by atoms with van der Waals surface area (Å²) in [6.07, 6.45) is 2.49. The Hall–Kier alpha value is -3.09. The molecule has 0 aliphatic carbocycles. The predicted molar refractivity (Wildman–Crippen MR) is 115 cm³/mol. The van der Waals surface area contributed by atoms with E-state index in [1.54, 1.807) is 0 Å². The molecule has 6 nitrogen and oxygen atoms in total. The van der Waals surface area contributed by atoms with Gasteiger partial charge in [-0.25, -0.2) is 9.97 Å². The lowest BCUT2D eigenvalue weighted by Crippen LogP contribution is -2.13. The molecule has 146 valence electrons. The first-order chi connectivity index (χ1) is 14.2. The van der Waals surface area contributed by atoms with Crippen molar-refractivity contribution in [3.05, 3.63) is 66.1 Å². The van der Waals surface area contributed by atoms with Gasteiger partial charge in [0.1, 0.15) is 34.4 Å². The maximum Gasteiger partial charge on any atom is 0.147 e. The predicted octanol–water partition coefficient (Wildman–Crippen LogP) is 4.66. The lowest BCUT2D eigenvalue weighted by atomic mass is 10.1. The minimum Gasteiger partial charge on any atom is -0.457 e. The number of nitrogen functional groups attached to an aromatic ring is 1. The molecule has 1 aliphatic rings. The molecule has 29 heavy (non-hydrogen) atoms. The smallest absolute Gasteiger partial charge is 0.147 e. The van der Waals surface area contributed by atoms with Gasteiger partial charge in [0.25, 0.3) is 0 Å². The molecule has 3 heterocycles. The lowest BCUT2D eigenvalue weighted by molar-refractivity contribution is 0.483. The van der Waals surface area contributed by atoms with Crippen LogP contribution in [-0.4, -0.2) is 27.6 Å². The van der Waals surface area contributed by atoms with E-state index in [0.29, 0.717) is 11.0 Å². The summed E-state index contributed by atoms with van der Waals surface area (Å²) in [7, 11) is 0. The molecule has 0 saturated carbocycles. The molecule has 1 saturated heterocycles. The number of nitrogens with zero attached hydrogens (tertiary/aromatic N) is 3. The third-order valence-electron chi connectivity index (χ3n) is 5.27. The van der Waals surface area contributed by atoms with Crippen molar-refractivity contribution >= 4 is 28.5 Å². The zero-order chi connectivity index (χ0) is 19.8. The number of halogens is 1. The maximum atomic E-state index is 6.89. The molecule has 0 bridgehead atoms. The number of nitrogens with two attached hydrogens (primary N) is 1. The SMILES string of the molecule is Nc1ncnc2c1c(-c1ccc(Oc3ccccc3)cc1)c(Cl)n2C1CCNC1. The van der Waals surface area contributed by atoms with E-state index >= 15 is 0 Å². The molecule has 5 rings (SSSR count). The minimum absolute atomic E-state index is 0.244. The second kappa shape index (κ2) is 7.39. The topological polar surface area (TPSA) is 78.0 Å². The molecule has 2 aromatic carbocycles. The van der Waals surface area contributed by atoms with E-state index in [2.05, 4.69) is 19.9 Å². The summed E-state index contributed by atoms with van der Waals surface area (Å²) in [6, 6.07) is 17.8. The number of hydrogen-bond acceptors (Lipinski definition) is 5. The van der Waals surface area contributed by atoms with Crippen LogP contribution in [-0.2, 0) is 0 Å². The van der Waals surface area contributed by atoms with Gasteiger partial charge in [-0.1, -0.05) is 41.9 Å². The van der Waals surface area contributed by atoms with Gasteiger partial charge >= 0.3 is 0 Å². The molecule has 3 N–H and O–H groups in total. The molecular weight excluding hydrogens is 386 g/mol. The molecule has 0 radical (unpaired) electrons. The highest BCUT2D eigenvalue weighted by atomic mass is 35.5. The zero-order valence-corrected chi connectivity index (χ0v) is 16.4. The Labute approximate surface area is 173 Å². The van der Waals surface area contributed by atoms with E-state index < -0.39 is 0 Å². The number of rotatable bonds is 4. The quantitative estimate of drug-likeness (QED) is 0.516. The fourth-order valence-electron chi connectivity index (χ4n) is 3.90. The van der Waals surface area contributed by atoms with Gasteiger partial charge in [0.15, 0.2) is 0 Å². The van der Waals surface area contributed by atoms with Crippen molar-refractivity contribution in [1.82, 2.24) is 19.9 Å². The van der Waals surface area contributed by atoms with Gasteiger partial charge in [0, 0.05) is 12.1 Å². The second-order valence-corrected chi connectivity index (χ2v) is 7.44. The molecule has 7 heteroatoms. The van der Waals surface area contributed by atoms with Crippen LogP contribution in [0, 0.1) is 0 Å². The van der Waals surface area contributed by atoms with Crippen LogP contribution in [0.2, 0.25) is 5.15 Å². The monoisotopic (exact) mass is 405 g/mol. The van der Waals surface area contributed by atoms with Gasteiger partial charge in [-0.3, -0.25) is 0 Å². The van der Waals surface area contributed by atoms with Crippen molar-refractivity contribution in [1.29, 1.82) is 0 Å². The Morgan fingerprint density at radius 1 is 1.03 bits per heavy atom. The van der Waals surface area contributed by atoms with Crippen LogP contribution < -0.4 is 15.8 Å². The van der Waals surface area contributed by atoms with Gasteiger partial charge in [-0.05, 0) is 42.8 Å². The van der Waals surface area contributed by atoms with E-state index in [0.717, 1.165) is 53.2 Å². The molecule has 0 spiro atoms.